The van der Waals surface area contributed by atoms with E-state index in [0.29, 0.717) is 26.0 Å². The Morgan fingerprint density at radius 2 is 1.75 bits per heavy atom. The van der Waals surface area contributed by atoms with E-state index >= 15 is 0 Å². The van der Waals surface area contributed by atoms with Crippen LogP contribution in [-0.4, -0.2) is 9.97 Å². The molecule has 2 aromatic heterocycles. The minimum atomic E-state index is 0.357. The number of aromatic nitrogens is 2. The van der Waals surface area contributed by atoms with Gasteiger partial charge in [0, 0.05) is 10.0 Å². The zero-order valence-corrected chi connectivity index (χ0v) is 12.6. The van der Waals surface area contributed by atoms with E-state index in [0.717, 1.165) is 9.35 Å². The molecule has 0 aliphatic rings. The van der Waals surface area contributed by atoms with Crippen molar-refractivity contribution in [1.82, 2.24) is 9.97 Å². The third-order valence-corrected chi connectivity index (χ3v) is 5.10. The molecule has 0 bridgehead atoms. The average Bonchev–Trinajstić information content (AvgIpc) is 2.55. The van der Waals surface area contributed by atoms with Crippen molar-refractivity contribution in [1.29, 1.82) is 0 Å². The molecule has 0 unspecified atom stereocenters. The summed E-state index contributed by atoms with van der Waals surface area (Å²) in [6.45, 7) is 1.77. The van der Waals surface area contributed by atoms with Gasteiger partial charge in [-0.05, 0) is 28.9 Å². The van der Waals surface area contributed by atoms with E-state index in [1.54, 1.807) is 6.92 Å². The van der Waals surface area contributed by atoms with Crippen LogP contribution in [0.3, 0.4) is 0 Å². The van der Waals surface area contributed by atoms with Gasteiger partial charge in [-0.15, -0.1) is 11.3 Å². The highest BCUT2D eigenvalue weighted by atomic mass is 79.9. The van der Waals surface area contributed by atoms with Crippen molar-refractivity contribution in [2.24, 2.45) is 0 Å². The van der Waals surface area contributed by atoms with Crippen LogP contribution in [0.5, 0.6) is 0 Å². The summed E-state index contributed by atoms with van der Waals surface area (Å²) in [7, 11) is 0. The van der Waals surface area contributed by atoms with Crippen molar-refractivity contribution in [3.8, 4) is 10.7 Å². The molecular weight excluding hydrogens is 354 g/mol. The fourth-order valence-corrected chi connectivity index (χ4v) is 3.05. The van der Waals surface area contributed by atoms with Crippen LogP contribution in [0.1, 0.15) is 5.56 Å². The minimum Gasteiger partial charge on any atom is -0.215 e. The first-order chi connectivity index (χ1) is 7.49. The molecule has 0 radical (unpaired) electrons. The number of thiophene rings is 1. The predicted octanol–water partition coefficient (Wildman–Crippen LogP) is 5.24. The lowest BCUT2D eigenvalue weighted by atomic mass is 10.3. The predicted molar refractivity (Wildman–Crippen MR) is 72.8 cm³/mol. The van der Waals surface area contributed by atoms with Crippen LogP contribution in [0, 0.1) is 6.92 Å². The first-order valence-corrected chi connectivity index (χ1v) is 6.88. The quantitative estimate of drug-likeness (QED) is 0.652. The lowest BCUT2D eigenvalue weighted by molar-refractivity contribution is 1.15. The molecule has 2 aromatic rings. The van der Waals surface area contributed by atoms with Gasteiger partial charge in [0.2, 0.25) is 0 Å². The van der Waals surface area contributed by atoms with Crippen molar-refractivity contribution in [2.75, 3.05) is 0 Å². The fraction of sp³-hybridized carbons (Fsp3) is 0.111. The minimum absolute atomic E-state index is 0.357. The van der Waals surface area contributed by atoms with E-state index < -0.39 is 0 Å². The van der Waals surface area contributed by atoms with E-state index in [4.69, 9.17) is 34.8 Å². The molecule has 2 nitrogen and oxygen atoms in total. The van der Waals surface area contributed by atoms with Crippen LogP contribution in [0.15, 0.2) is 10.5 Å². The molecule has 2 heterocycles. The molecular formula is C9H4BrCl3N2S. The molecule has 0 aliphatic heterocycles. The van der Waals surface area contributed by atoms with Gasteiger partial charge in [0.05, 0.1) is 4.88 Å². The van der Waals surface area contributed by atoms with Gasteiger partial charge in [-0.25, -0.2) is 9.97 Å². The zero-order chi connectivity index (χ0) is 11.9. The van der Waals surface area contributed by atoms with Gasteiger partial charge >= 0.3 is 0 Å². The van der Waals surface area contributed by atoms with E-state index in [-0.39, 0.29) is 0 Å². The van der Waals surface area contributed by atoms with Crippen LogP contribution in [-0.2, 0) is 0 Å². The van der Waals surface area contributed by atoms with Crippen LogP contribution in [0.25, 0.3) is 10.7 Å². The summed E-state index contributed by atoms with van der Waals surface area (Å²) in [4.78, 5) is 9.14. The average molecular weight is 358 g/mol. The van der Waals surface area contributed by atoms with Crippen LogP contribution < -0.4 is 0 Å². The van der Waals surface area contributed by atoms with Crippen molar-refractivity contribution < 1.29 is 0 Å². The Hall–Kier alpha value is 0.130. The lowest BCUT2D eigenvalue weighted by Crippen LogP contribution is -1.92. The maximum Gasteiger partial charge on any atom is 0.172 e. The van der Waals surface area contributed by atoms with Crippen LogP contribution >= 0.6 is 62.1 Å². The van der Waals surface area contributed by atoms with Crippen molar-refractivity contribution in [3.63, 3.8) is 0 Å². The summed E-state index contributed by atoms with van der Waals surface area (Å²) in [5, 5.41) is 0.714. The Kier molecular flexibility index (Phi) is 3.76. The monoisotopic (exact) mass is 356 g/mol. The molecule has 0 aromatic carbocycles. The molecule has 0 fully saturated rings. The molecule has 16 heavy (non-hydrogen) atoms. The molecule has 0 N–H and O–H groups in total. The molecule has 0 spiro atoms. The number of hydrogen-bond acceptors (Lipinski definition) is 3. The Morgan fingerprint density at radius 1 is 1.19 bits per heavy atom. The smallest absolute Gasteiger partial charge is 0.172 e. The summed E-state index contributed by atoms with van der Waals surface area (Å²) in [5.41, 5.74) is 0.675. The highest BCUT2D eigenvalue weighted by molar-refractivity contribution is 9.10. The van der Waals surface area contributed by atoms with Crippen molar-refractivity contribution in [2.45, 2.75) is 6.92 Å². The molecule has 0 atom stereocenters. The standard InChI is InChI=1S/C9H4BrCl3N2S/c1-3-6(11)14-9(15-7(3)12)5-2-4(10)8(13)16-5/h2H,1H3. The largest absolute Gasteiger partial charge is 0.215 e. The summed E-state index contributed by atoms with van der Waals surface area (Å²) in [6, 6.07) is 1.84. The summed E-state index contributed by atoms with van der Waals surface area (Å²) in [6.07, 6.45) is 0. The van der Waals surface area contributed by atoms with Crippen LogP contribution in [0.4, 0.5) is 0 Å². The maximum absolute atomic E-state index is 5.94. The van der Waals surface area contributed by atoms with Gasteiger partial charge in [-0.1, -0.05) is 34.8 Å². The number of nitrogens with zero attached hydrogens (tertiary/aromatic N) is 2. The SMILES string of the molecule is Cc1c(Cl)nc(-c2cc(Br)c(Cl)s2)nc1Cl. The van der Waals surface area contributed by atoms with Gasteiger partial charge < -0.3 is 0 Å². The van der Waals surface area contributed by atoms with Crippen molar-refractivity contribution in [3.05, 3.63) is 30.7 Å². The van der Waals surface area contributed by atoms with Gasteiger partial charge in [0.15, 0.2) is 5.82 Å². The number of halogens is 4. The van der Waals surface area contributed by atoms with E-state index in [9.17, 15) is 0 Å². The Morgan fingerprint density at radius 3 is 2.19 bits per heavy atom. The second kappa shape index (κ2) is 4.78. The molecule has 0 saturated carbocycles. The summed E-state index contributed by atoms with van der Waals surface area (Å²) >= 11 is 22.5. The van der Waals surface area contributed by atoms with Gasteiger partial charge in [0.25, 0.3) is 0 Å². The normalized spacial score (nSPS) is 10.8. The maximum atomic E-state index is 5.94. The Balaban J connectivity index is 2.56. The Bertz CT molecular complexity index is 513. The molecule has 84 valence electrons. The van der Waals surface area contributed by atoms with E-state index in [1.165, 1.54) is 11.3 Å². The zero-order valence-electron chi connectivity index (χ0n) is 7.89. The third-order valence-electron chi connectivity index (χ3n) is 1.89. The topological polar surface area (TPSA) is 25.8 Å². The van der Waals surface area contributed by atoms with Crippen LogP contribution in [0.2, 0.25) is 14.6 Å². The highest BCUT2D eigenvalue weighted by Crippen LogP contribution is 2.37. The second-order valence-electron chi connectivity index (χ2n) is 2.99. The molecule has 0 amide bonds. The summed E-state index contributed by atoms with van der Waals surface area (Å²) < 4.78 is 1.46. The third kappa shape index (κ3) is 2.36. The molecule has 0 saturated heterocycles. The first-order valence-electron chi connectivity index (χ1n) is 4.14. The highest BCUT2D eigenvalue weighted by Gasteiger charge is 2.13. The summed E-state index contributed by atoms with van der Waals surface area (Å²) in [5.74, 6) is 0.484. The Labute approximate surface area is 120 Å². The van der Waals surface area contributed by atoms with Gasteiger partial charge in [-0.2, -0.15) is 0 Å². The number of hydrogen-bond donors (Lipinski definition) is 0. The fourth-order valence-electron chi connectivity index (χ4n) is 1.03. The molecule has 0 aliphatic carbocycles. The number of rotatable bonds is 1. The molecule has 7 heteroatoms. The van der Waals surface area contributed by atoms with E-state index in [2.05, 4.69) is 25.9 Å². The lowest BCUT2D eigenvalue weighted by Gasteiger charge is -2.02. The molecule has 2 rings (SSSR count). The second-order valence-corrected chi connectivity index (χ2v) is 6.21. The van der Waals surface area contributed by atoms with E-state index in [1.807, 2.05) is 6.07 Å². The van der Waals surface area contributed by atoms with Crippen molar-refractivity contribution >= 4 is 62.1 Å². The first kappa shape index (κ1) is 12.6. The van der Waals surface area contributed by atoms with Gasteiger partial charge in [0.1, 0.15) is 14.6 Å². The van der Waals surface area contributed by atoms with Gasteiger partial charge in [-0.3, -0.25) is 0 Å².